The van der Waals surface area contributed by atoms with Crippen molar-refractivity contribution in [2.24, 2.45) is 0 Å². The van der Waals surface area contributed by atoms with Gasteiger partial charge < -0.3 is 0 Å². The van der Waals surface area contributed by atoms with Crippen molar-refractivity contribution >= 4 is 0 Å². The summed E-state index contributed by atoms with van der Waals surface area (Å²) < 4.78 is 1.97. The summed E-state index contributed by atoms with van der Waals surface area (Å²) in [6.45, 7) is 11.1. The Morgan fingerprint density at radius 1 is 1.23 bits per heavy atom. The Morgan fingerprint density at radius 3 is 2.23 bits per heavy atom. The van der Waals surface area contributed by atoms with Gasteiger partial charge in [0.05, 0.1) is 0 Å². The summed E-state index contributed by atoms with van der Waals surface area (Å²) >= 11 is 0. The van der Waals surface area contributed by atoms with Gasteiger partial charge in [0.15, 0.2) is 0 Å². The van der Waals surface area contributed by atoms with Crippen molar-refractivity contribution < 1.29 is 0 Å². The lowest BCUT2D eigenvalue weighted by Gasteiger charge is -1.99. The molecule has 13 heavy (non-hydrogen) atoms. The summed E-state index contributed by atoms with van der Waals surface area (Å²) in [6.07, 6.45) is 2.39. The number of aryl methyl sites for hydroxylation is 3. The topological polar surface area (TPSA) is 30.7 Å². The van der Waals surface area contributed by atoms with Crippen molar-refractivity contribution in [1.82, 2.24) is 14.8 Å². The molecule has 0 amide bonds. The highest BCUT2D eigenvalue weighted by atomic mass is 15.3. The molecule has 0 N–H and O–H groups in total. The lowest BCUT2D eigenvalue weighted by Crippen LogP contribution is -2.02. The molecule has 1 aromatic heterocycles. The Hall–Kier alpha value is -0.860. The maximum atomic E-state index is 4.25. The highest BCUT2D eigenvalue weighted by molar-refractivity contribution is 4.87. The van der Waals surface area contributed by atoms with Crippen molar-refractivity contribution in [3.05, 3.63) is 11.6 Å². The van der Waals surface area contributed by atoms with E-state index in [4.69, 9.17) is 0 Å². The van der Waals surface area contributed by atoms with E-state index in [1.807, 2.05) is 32.4 Å². The fourth-order valence-corrected chi connectivity index (χ4v) is 1.08. The molecule has 0 aromatic carbocycles. The van der Waals surface area contributed by atoms with Crippen molar-refractivity contribution in [3.63, 3.8) is 0 Å². The minimum atomic E-state index is 0.874. The van der Waals surface area contributed by atoms with E-state index in [0.29, 0.717) is 0 Å². The Morgan fingerprint density at radius 2 is 1.85 bits per heavy atom. The molecule has 0 spiro atoms. The van der Waals surface area contributed by atoms with Crippen LogP contribution in [0.2, 0.25) is 0 Å². The van der Waals surface area contributed by atoms with E-state index < -0.39 is 0 Å². The monoisotopic (exact) mass is 183 g/mol. The van der Waals surface area contributed by atoms with Crippen LogP contribution in [0.25, 0.3) is 0 Å². The van der Waals surface area contributed by atoms with E-state index in [9.17, 15) is 0 Å². The zero-order valence-electron chi connectivity index (χ0n) is 9.46. The molecule has 1 rings (SSSR count). The van der Waals surface area contributed by atoms with Gasteiger partial charge in [-0.1, -0.05) is 27.2 Å². The summed E-state index contributed by atoms with van der Waals surface area (Å²) in [5.74, 6) is 1.90. The third-order valence-corrected chi connectivity index (χ3v) is 1.69. The average Bonchev–Trinajstić information content (AvgIpc) is 2.45. The lowest BCUT2D eigenvalue weighted by molar-refractivity contribution is 0.554. The molecular formula is C10H21N3. The van der Waals surface area contributed by atoms with E-state index >= 15 is 0 Å². The Labute approximate surface area is 81.2 Å². The van der Waals surface area contributed by atoms with Crippen molar-refractivity contribution in [1.29, 1.82) is 0 Å². The van der Waals surface area contributed by atoms with Gasteiger partial charge in [0.2, 0.25) is 0 Å². The van der Waals surface area contributed by atoms with Crippen molar-refractivity contribution in [2.45, 2.75) is 54.0 Å². The quantitative estimate of drug-likeness (QED) is 0.721. The second-order valence-corrected chi connectivity index (χ2v) is 2.78. The highest BCUT2D eigenvalue weighted by Gasteiger charge is 1.99. The minimum absolute atomic E-state index is 0.874. The second-order valence-electron chi connectivity index (χ2n) is 2.78. The molecule has 0 radical (unpaired) electrons. The molecule has 0 aliphatic heterocycles. The fraction of sp³-hybridized carbons (Fsp3) is 0.800. The predicted molar refractivity (Wildman–Crippen MR) is 55.8 cm³/mol. The molecule has 3 nitrogen and oxygen atoms in total. The van der Waals surface area contributed by atoms with Gasteiger partial charge in [0.1, 0.15) is 11.6 Å². The molecule has 0 saturated carbocycles. The van der Waals surface area contributed by atoms with Gasteiger partial charge in [-0.05, 0) is 20.3 Å². The molecule has 0 bridgehead atoms. The molecule has 0 aliphatic carbocycles. The van der Waals surface area contributed by atoms with Crippen LogP contribution in [0.5, 0.6) is 0 Å². The molecule has 1 aromatic rings. The van der Waals surface area contributed by atoms with Crippen LogP contribution in [0.1, 0.15) is 45.3 Å². The predicted octanol–water partition coefficient (Wildman–Crippen LogP) is 2.72. The van der Waals surface area contributed by atoms with Crippen LogP contribution in [0, 0.1) is 13.8 Å². The number of hydrogen-bond donors (Lipinski definition) is 0. The van der Waals surface area contributed by atoms with E-state index in [0.717, 1.165) is 18.2 Å². The minimum Gasteiger partial charge on any atom is -0.250 e. The molecule has 76 valence electrons. The van der Waals surface area contributed by atoms with E-state index in [-0.39, 0.29) is 0 Å². The molecule has 0 aliphatic rings. The largest absolute Gasteiger partial charge is 0.250 e. The normalized spacial score (nSPS) is 9.31. The molecule has 3 heteroatoms. The van der Waals surface area contributed by atoms with Gasteiger partial charge in [0, 0.05) is 6.54 Å². The SMILES string of the molecule is CC.CCCCn1nc(C)nc1C. The summed E-state index contributed by atoms with van der Waals surface area (Å²) in [7, 11) is 0. The summed E-state index contributed by atoms with van der Waals surface area (Å²) in [5.41, 5.74) is 0. The van der Waals surface area contributed by atoms with Crippen molar-refractivity contribution in [2.75, 3.05) is 0 Å². The van der Waals surface area contributed by atoms with Gasteiger partial charge in [0.25, 0.3) is 0 Å². The Kier molecular flexibility index (Phi) is 6.20. The maximum absolute atomic E-state index is 4.25. The smallest absolute Gasteiger partial charge is 0.147 e. The van der Waals surface area contributed by atoms with Crippen LogP contribution in [-0.4, -0.2) is 14.8 Å². The van der Waals surface area contributed by atoms with E-state index in [2.05, 4.69) is 17.0 Å². The number of unbranched alkanes of at least 4 members (excludes halogenated alkanes) is 1. The molecular weight excluding hydrogens is 162 g/mol. The molecule has 1 heterocycles. The van der Waals surface area contributed by atoms with E-state index in [1.54, 1.807) is 0 Å². The summed E-state index contributed by atoms with van der Waals surface area (Å²) in [4.78, 5) is 4.22. The summed E-state index contributed by atoms with van der Waals surface area (Å²) in [6, 6.07) is 0. The van der Waals surface area contributed by atoms with Crippen LogP contribution in [0.4, 0.5) is 0 Å². The lowest BCUT2D eigenvalue weighted by atomic mass is 10.3. The Bertz CT molecular complexity index is 228. The maximum Gasteiger partial charge on any atom is 0.147 e. The third-order valence-electron chi connectivity index (χ3n) is 1.69. The van der Waals surface area contributed by atoms with Gasteiger partial charge >= 0.3 is 0 Å². The summed E-state index contributed by atoms with van der Waals surface area (Å²) in [5, 5.41) is 4.25. The second kappa shape index (κ2) is 6.63. The molecule has 0 unspecified atom stereocenters. The van der Waals surface area contributed by atoms with Gasteiger partial charge in [-0.15, -0.1) is 0 Å². The van der Waals surface area contributed by atoms with Crippen LogP contribution in [0.3, 0.4) is 0 Å². The molecule has 0 fully saturated rings. The number of rotatable bonds is 3. The first-order chi connectivity index (χ1) is 6.24. The Balaban J connectivity index is 0.000000671. The van der Waals surface area contributed by atoms with Crippen molar-refractivity contribution in [3.8, 4) is 0 Å². The third kappa shape index (κ3) is 4.06. The first kappa shape index (κ1) is 12.1. The number of hydrogen-bond acceptors (Lipinski definition) is 2. The van der Waals surface area contributed by atoms with E-state index in [1.165, 1.54) is 12.8 Å². The van der Waals surface area contributed by atoms with Crippen LogP contribution >= 0.6 is 0 Å². The van der Waals surface area contributed by atoms with Crippen LogP contribution in [0.15, 0.2) is 0 Å². The zero-order valence-corrected chi connectivity index (χ0v) is 9.46. The van der Waals surface area contributed by atoms with Gasteiger partial charge in [-0.25, -0.2) is 4.98 Å². The van der Waals surface area contributed by atoms with Gasteiger partial charge in [-0.2, -0.15) is 5.10 Å². The van der Waals surface area contributed by atoms with Crippen LogP contribution < -0.4 is 0 Å². The first-order valence-electron chi connectivity index (χ1n) is 5.12. The first-order valence-corrected chi connectivity index (χ1v) is 5.12. The zero-order chi connectivity index (χ0) is 10.3. The molecule has 0 saturated heterocycles. The van der Waals surface area contributed by atoms with Gasteiger partial charge in [-0.3, -0.25) is 4.68 Å². The van der Waals surface area contributed by atoms with Crippen LogP contribution in [-0.2, 0) is 6.54 Å². The number of nitrogens with zero attached hydrogens (tertiary/aromatic N) is 3. The number of aromatic nitrogens is 3. The highest BCUT2D eigenvalue weighted by Crippen LogP contribution is 1.98. The fourth-order valence-electron chi connectivity index (χ4n) is 1.08. The molecule has 0 atom stereocenters. The average molecular weight is 183 g/mol. The standard InChI is InChI=1S/C8H15N3.C2H6/c1-4-5-6-11-8(3)9-7(2)10-11;1-2/h4-6H2,1-3H3;1-2H3.